The van der Waals surface area contributed by atoms with Crippen molar-refractivity contribution in [1.29, 1.82) is 0 Å². The van der Waals surface area contributed by atoms with Crippen LogP contribution in [0.4, 0.5) is 5.69 Å². The number of para-hydroxylation sites is 1. The van der Waals surface area contributed by atoms with E-state index in [1.54, 1.807) is 0 Å². The molecule has 154 valence electrons. The summed E-state index contributed by atoms with van der Waals surface area (Å²) >= 11 is 0. The number of hydrogen-bond acceptors (Lipinski definition) is 4. The van der Waals surface area contributed by atoms with Crippen LogP contribution in [0.2, 0.25) is 0 Å². The molecule has 1 saturated heterocycles. The Balaban J connectivity index is 1.44. The van der Waals surface area contributed by atoms with Crippen molar-refractivity contribution in [1.82, 2.24) is 14.4 Å². The Morgan fingerprint density at radius 1 is 0.862 bits per heavy atom. The van der Waals surface area contributed by atoms with Crippen molar-refractivity contribution >= 4 is 17.5 Å². The minimum absolute atomic E-state index is 0.133. The zero-order valence-electron chi connectivity index (χ0n) is 17.6. The van der Waals surface area contributed by atoms with E-state index < -0.39 is 0 Å². The van der Waals surface area contributed by atoms with Crippen LogP contribution in [0.3, 0.4) is 0 Å². The highest BCUT2D eigenvalue weighted by molar-refractivity contribution is 6.22. The summed E-state index contributed by atoms with van der Waals surface area (Å²) in [4.78, 5) is 32.2. The highest BCUT2D eigenvalue weighted by atomic mass is 16.2. The molecule has 0 unspecified atom stereocenters. The fraction of sp³-hybridized carbons (Fsp3) is 0.478. The van der Waals surface area contributed by atoms with Gasteiger partial charge < -0.3 is 9.47 Å². The van der Waals surface area contributed by atoms with Gasteiger partial charge in [0.2, 0.25) is 0 Å². The van der Waals surface area contributed by atoms with Gasteiger partial charge in [0.05, 0.1) is 17.8 Å². The first-order chi connectivity index (χ1) is 14.0. The highest BCUT2D eigenvalue weighted by Crippen LogP contribution is 2.31. The van der Waals surface area contributed by atoms with Crippen LogP contribution in [-0.4, -0.2) is 59.0 Å². The number of aromatic nitrogens is 1. The molecule has 0 N–H and O–H groups in total. The summed E-state index contributed by atoms with van der Waals surface area (Å²) in [6.45, 7) is 10.8. The average molecular weight is 395 g/mol. The molecule has 0 radical (unpaired) electrons. The quantitative estimate of drug-likeness (QED) is 0.706. The fourth-order valence-corrected chi connectivity index (χ4v) is 4.54. The summed E-state index contributed by atoms with van der Waals surface area (Å²) < 4.78 is 2.14. The van der Waals surface area contributed by atoms with Crippen LogP contribution in [0.25, 0.3) is 0 Å². The lowest BCUT2D eigenvalue weighted by atomic mass is 10.1. The van der Waals surface area contributed by atoms with Gasteiger partial charge in [0, 0.05) is 49.8 Å². The third-order valence-corrected chi connectivity index (χ3v) is 6.27. The van der Waals surface area contributed by atoms with Crippen LogP contribution in [0.15, 0.2) is 30.3 Å². The van der Waals surface area contributed by atoms with E-state index in [-0.39, 0.29) is 11.8 Å². The largest absolute Gasteiger partial charge is 0.369 e. The summed E-state index contributed by atoms with van der Waals surface area (Å²) in [6, 6.07) is 10.4. The lowest BCUT2D eigenvalue weighted by Gasteiger charge is -2.37. The highest BCUT2D eigenvalue weighted by Gasteiger charge is 2.41. The number of hydrogen-bond donors (Lipinski definition) is 0. The van der Waals surface area contributed by atoms with Crippen LogP contribution in [0.1, 0.15) is 51.9 Å². The van der Waals surface area contributed by atoms with Crippen molar-refractivity contribution in [3.8, 4) is 0 Å². The van der Waals surface area contributed by atoms with E-state index in [0.717, 1.165) is 57.0 Å². The Morgan fingerprint density at radius 2 is 1.45 bits per heavy atom. The van der Waals surface area contributed by atoms with E-state index in [1.165, 1.54) is 10.6 Å². The molecular weight excluding hydrogens is 364 g/mol. The SMILES string of the molecule is CCCCn1c(C)c2c(c1C)C(=O)N(CN1CCN(c3ccccc3)CC1)C2=O. The monoisotopic (exact) mass is 394 g/mol. The summed E-state index contributed by atoms with van der Waals surface area (Å²) in [5.74, 6) is -0.266. The van der Waals surface area contributed by atoms with Gasteiger partial charge in [-0.05, 0) is 32.4 Å². The summed E-state index contributed by atoms with van der Waals surface area (Å²) in [7, 11) is 0. The molecule has 6 nitrogen and oxygen atoms in total. The average Bonchev–Trinajstić information content (AvgIpc) is 3.14. The topological polar surface area (TPSA) is 48.8 Å². The fourth-order valence-electron chi connectivity index (χ4n) is 4.54. The van der Waals surface area contributed by atoms with Crippen molar-refractivity contribution in [2.75, 3.05) is 37.7 Å². The summed E-state index contributed by atoms with van der Waals surface area (Å²) in [5, 5.41) is 0. The number of piperazine rings is 1. The Kier molecular flexibility index (Phi) is 5.46. The summed E-state index contributed by atoms with van der Waals surface area (Å²) in [5.41, 5.74) is 4.32. The predicted molar refractivity (Wildman–Crippen MR) is 114 cm³/mol. The molecule has 4 rings (SSSR count). The third kappa shape index (κ3) is 3.46. The molecular formula is C23H30N4O2. The van der Waals surface area contributed by atoms with Gasteiger partial charge in [-0.25, -0.2) is 0 Å². The van der Waals surface area contributed by atoms with Crippen molar-refractivity contribution in [2.24, 2.45) is 0 Å². The maximum Gasteiger partial charge on any atom is 0.264 e. The molecule has 0 saturated carbocycles. The molecule has 1 aromatic carbocycles. The maximum absolute atomic E-state index is 13.1. The number of rotatable bonds is 6. The number of unbranched alkanes of at least 4 members (excludes halogenated alkanes) is 1. The van der Waals surface area contributed by atoms with Crippen LogP contribution < -0.4 is 4.90 Å². The van der Waals surface area contributed by atoms with Crippen LogP contribution >= 0.6 is 0 Å². The van der Waals surface area contributed by atoms with Gasteiger partial charge in [0.25, 0.3) is 11.8 Å². The molecule has 2 aliphatic heterocycles. The minimum atomic E-state index is -0.133. The number of nitrogens with zero attached hydrogens (tertiary/aromatic N) is 4. The zero-order valence-corrected chi connectivity index (χ0v) is 17.6. The van der Waals surface area contributed by atoms with Crippen molar-refractivity contribution in [3.05, 3.63) is 52.8 Å². The number of fused-ring (bicyclic) bond motifs is 1. The molecule has 0 bridgehead atoms. The first kappa shape index (κ1) is 19.7. The van der Waals surface area contributed by atoms with Gasteiger partial charge in [-0.15, -0.1) is 0 Å². The first-order valence-corrected chi connectivity index (χ1v) is 10.6. The normalized spacial score (nSPS) is 17.3. The summed E-state index contributed by atoms with van der Waals surface area (Å²) in [6.07, 6.45) is 2.14. The Labute approximate surface area is 172 Å². The van der Waals surface area contributed by atoms with Crippen molar-refractivity contribution < 1.29 is 9.59 Å². The zero-order chi connectivity index (χ0) is 20.5. The van der Waals surface area contributed by atoms with Crippen LogP contribution in [0, 0.1) is 13.8 Å². The van der Waals surface area contributed by atoms with E-state index in [4.69, 9.17) is 0 Å². The Morgan fingerprint density at radius 3 is 2.00 bits per heavy atom. The molecule has 29 heavy (non-hydrogen) atoms. The van der Waals surface area contributed by atoms with E-state index in [9.17, 15) is 9.59 Å². The van der Waals surface area contributed by atoms with Crippen molar-refractivity contribution in [3.63, 3.8) is 0 Å². The van der Waals surface area contributed by atoms with E-state index in [2.05, 4.69) is 45.6 Å². The predicted octanol–water partition coefficient (Wildman–Crippen LogP) is 3.28. The molecule has 2 amide bonds. The Hall–Kier alpha value is -2.60. The lowest BCUT2D eigenvalue weighted by Crippen LogP contribution is -2.51. The number of carbonyl (C=O) groups excluding carboxylic acids is 2. The van der Waals surface area contributed by atoms with Gasteiger partial charge in [0.15, 0.2) is 0 Å². The number of anilines is 1. The number of carbonyl (C=O) groups is 2. The van der Waals surface area contributed by atoms with E-state index in [1.807, 2.05) is 19.9 Å². The molecule has 0 aliphatic carbocycles. The van der Waals surface area contributed by atoms with Gasteiger partial charge in [0.1, 0.15) is 0 Å². The van der Waals surface area contributed by atoms with Crippen molar-refractivity contribution in [2.45, 2.75) is 40.2 Å². The van der Waals surface area contributed by atoms with Gasteiger partial charge in [-0.3, -0.25) is 19.4 Å². The third-order valence-electron chi connectivity index (χ3n) is 6.27. The van der Waals surface area contributed by atoms with Gasteiger partial charge in [-0.2, -0.15) is 0 Å². The van der Waals surface area contributed by atoms with E-state index in [0.29, 0.717) is 17.8 Å². The minimum Gasteiger partial charge on any atom is -0.369 e. The standard InChI is InChI=1S/C23H30N4O2/c1-4-5-11-26-17(2)20-21(18(26)3)23(29)27(22(20)28)16-24-12-14-25(15-13-24)19-9-7-6-8-10-19/h6-10H,4-5,11-16H2,1-3H3. The molecule has 6 heteroatoms. The second-order valence-corrected chi connectivity index (χ2v) is 8.05. The molecule has 1 aromatic heterocycles. The lowest BCUT2D eigenvalue weighted by molar-refractivity contribution is 0.0533. The molecule has 0 spiro atoms. The van der Waals surface area contributed by atoms with Crippen LogP contribution in [0.5, 0.6) is 0 Å². The van der Waals surface area contributed by atoms with Gasteiger partial charge in [-0.1, -0.05) is 31.5 Å². The number of imide groups is 1. The first-order valence-electron chi connectivity index (χ1n) is 10.6. The molecule has 0 atom stereocenters. The second-order valence-electron chi connectivity index (χ2n) is 8.05. The number of amides is 2. The molecule has 2 aliphatic rings. The van der Waals surface area contributed by atoms with Crippen LogP contribution in [-0.2, 0) is 6.54 Å². The molecule has 1 fully saturated rings. The smallest absolute Gasteiger partial charge is 0.264 e. The molecule has 3 heterocycles. The molecule has 2 aromatic rings. The number of benzene rings is 1. The van der Waals surface area contributed by atoms with Gasteiger partial charge >= 0.3 is 0 Å². The Bertz CT molecular complexity index is 871. The maximum atomic E-state index is 13.1. The van der Waals surface area contributed by atoms with E-state index >= 15 is 0 Å². The second kappa shape index (κ2) is 8.03.